The van der Waals surface area contributed by atoms with Gasteiger partial charge in [0.05, 0.1) is 23.7 Å². The fraction of sp³-hybridized carbons (Fsp3) is 0.706. The van der Waals surface area contributed by atoms with Crippen LogP contribution in [0.25, 0.3) is 0 Å². The van der Waals surface area contributed by atoms with Crippen LogP contribution in [0.2, 0.25) is 0 Å². The van der Waals surface area contributed by atoms with Gasteiger partial charge in [-0.25, -0.2) is 4.79 Å². The molecule has 0 spiro atoms. The van der Waals surface area contributed by atoms with E-state index in [4.69, 9.17) is 14.2 Å². The molecule has 0 amide bonds. The van der Waals surface area contributed by atoms with Gasteiger partial charge in [-0.2, -0.15) is 0 Å². The number of ketones is 1. The first-order chi connectivity index (χ1) is 22.0. The van der Waals surface area contributed by atoms with Crippen molar-refractivity contribution in [3.8, 4) is 5.75 Å². The minimum absolute atomic E-state index is 0.00589. The highest BCUT2D eigenvalue weighted by Gasteiger charge is 2.81. The molecular formula is C34H46O13. The van der Waals surface area contributed by atoms with Crippen LogP contribution >= 0.6 is 0 Å². The molecule has 0 unspecified atom stereocenters. The van der Waals surface area contributed by atoms with Crippen LogP contribution in [-0.2, 0) is 19.0 Å². The lowest BCUT2D eigenvalue weighted by Crippen LogP contribution is -2.78. The summed E-state index contributed by atoms with van der Waals surface area (Å²) in [6.07, 6.45) is -5.91. The number of esters is 1. The first-order valence-corrected chi connectivity index (χ1v) is 16.3. The first-order valence-electron chi connectivity index (χ1n) is 16.3. The molecule has 4 aliphatic carbocycles. The number of carbonyl (C=O) groups is 2. The van der Waals surface area contributed by atoms with E-state index in [-0.39, 0.29) is 37.0 Å². The Kier molecular flexibility index (Phi) is 8.47. The minimum atomic E-state index is -2.09. The van der Waals surface area contributed by atoms with E-state index in [2.05, 4.69) is 0 Å². The molecule has 1 aliphatic heterocycles. The number of aliphatic hydroxyl groups excluding tert-OH is 4. The van der Waals surface area contributed by atoms with Crippen molar-refractivity contribution in [1.29, 1.82) is 0 Å². The fourth-order valence-electron chi connectivity index (χ4n) is 9.64. The lowest BCUT2D eigenvalue weighted by molar-refractivity contribution is -0.319. The topological polar surface area (TPSA) is 224 Å². The van der Waals surface area contributed by atoms with Crippen molar-refractivity contribution in [1.82, 2.24) is 0 Å². The second-order valence-electron chi connectivity index (χ2n) is 14.7. The Hall–Kier alpha value is -2.46. The smallest absolute Gasteiger partial charge is 0.338 e. The molecule has 6 rings (SSSR count). The molecule has 260 valence electrons. The molecule has 13 nitrogen and oxygen atoms in total. The minimum Gasteiger partial charge on any atom is -0.508 e. The summed E-state index contributed by atoms with van der Waals surface area (Å²) >= 11 is 0. The number of Topliss-reactive ketones (excluding diaryl/α,β-unsaturated/α-hetero) is 1. The summed E-state index contributed by atoms with van der Waals surface area (Å²) in [6.45, 7) is 4.12. The second-order valence-corrected chi connectivity index (χ2v) is 14.7. The van der Waals surface area contributed by atoms with E-state index >= 15 is 0 Å². The van der Waals surface area contributed by atoms with Crippen molar-refractivity contribution >= 4 is 11.8 Å². The Bertz CT molecular complexity index is 1430. The Morgan fingerprint density at radius 1 is 0.979 bits per heavy atom. The number of aliphatic hydroxyl groups is 7. The predicted octanol–water partition coefficient (Wildman–Crippen LogP) is 0.225. The van der Waals surface area contributed by atoms with Crippen molar-refractivity contribution in [3.63, 3.8) is 0 Å². The lowest BCUT2D eigenvalue weighted by Gasteiger charge is -2.67. The molecule has 0 aromatic heterocycles. The summed E-state index contributed by atoms with van der Waals surface area (Å²) in [5.74, 6) is -2.09. The van der Waals surface area contributed by atoms with Gasteiger partial charge >= 0.3 is 5.97 Å². The van der Waals surface area contributed by atoms with Crippen LogP contribution < -0.4 is 0 Å². The van der Waals surface area contributed by atoms with E-state index in [1.807, 2.05) is 13.0 Å². The van der Waals surface area contributed by atoms with E-state index in [9.17, 15) is 50.4 Å². The van der Waals surface area contributed by atoms with E-state index in [1.165, 1.54) is 38.1 Å². The Labute approximate surface area is 272 Å². The summed E-state index contributed by atoms with van der Waals surface area (Å²) in [7, 11) is 0. The van der Waals surface area contributed by atoms with Gasteiger partial charge in [-0.3, -0.25) is 4.79 Å². The third-order valence-corrected chi connectivity index (χ3v) is 12.7. The van der Waals surface area contributed by atoms with Crippen molar-refractivity contribution in [2.45, 2.75) is 125 Å². The van der Waals surface area contributed by atoms with Crippen molar-refractivity contribution in [2.75, 3.05) is 6.61 Å². The molecule has 5 aliphatic rings. The van der Waals surface area contributed by atoms with Crippen LogP contribution in [0.3, 0.4) is 0 Å². The summed E-state index contributed by atoms with van der Waals surface area (Å²) in [5, 5.41) is 87.4. The van der Waals surface area contributed by atoms with Gasteiger partial charge in [0.1, 0.15) is 53.1 Å². The summed E-state index contributed by atoms with van der Waals surface area (Å²) in [4.78, 5) is 26.5. The van der Waals surface area contributed by atoms with Gasteiger partial charge in [-0.05, 0) is 88.5 Å². The Morgan fingerprint density at radius 2 is 1.66 bits per heavy atom. The molecule has 4 fully saturated rings. The normalized spacial score (nSPS) is 47.7. The molecule has 8 N–H and O–H groups in total. The number of hydrogen-bond acceptors (Lipinski definition) is 13. The average molecular weight is 663 g/mol. The Morgan fingerprint density at radius 3 is 2.30 bits per heavy atom. The predicted molar refractivity (Wildman–Crippen MR) is 162 cm³/mol. The van der Waals surface area contributed by atoms with Gasteiger partial charge in [0, 0.05) is 5.92 Å². The zero-order valence-electron chi connectivity index (χ0n) is 26.8. The second kappa shape index (κ2) is 11.6. The van der Waals surface area contributed by atoms with Gasteiger partial charge in [0.2, 0.25) is 0 Å². The molecule has 1 heterocycles. The van der Waals surface area contributed by atoms with Gasteiger partial charge < -0.3 is 55.1 Å². The van der Waals surface area contributed by atoms with Crippen LogP contribution in [-0.4, -0.2) is 119 Å². The molecular weight excluding hydrogens is 616 g/mol. The van der Waals surface area contributed by atoms with Crippen molar-refractivity contribution < 1.29 is 64.7 Å². The summed E-state index contributed by atoms with van der Waals surface area (Å²) in [6, 6.07) is 5.44. The standard InChI is InChI=1S/C34H46O13/c1-17(36)32(42)12-13-34(44)31(32,3)24(47-28(41)18-4-6-20(37)7-5-18)15-23-30(2)10-9-21(14-19(30)8-11-33(23,34)43)45-29-27(40)26(39)25(38)22(16-35)46-29/h4-8,21-27,29,35,37-40,42-44H,9-16H2,1-3H3/t21-,22+,23+,24+,25-,26-,27+,29+,30-,31+,32+,33-,34+/m0/s1. The number of fused-ring (bicyclic) bond motifs is 5. The molecule has 1 aromatic carbocycles. The molecule has 13 heteroatoms. The number of benzene rings is 1. The highest BCUT2D eigenvalue weighted by molar-refractivity contribution is 5.90. The summed E-state index contributed by atoms with van der Waals surface area (Å²) in [5.41, 5.74) is -7.40. The van der Waals surface area contributed by atoms with Crippen LogP contribution in [0.15, 0.2) is 35.9 Å². The SMILES string of the molecule is CC(=O)[C@]1(O)CC[C@@]2(O)[C@]1(C)[C@H](OC(=O)c1ccc(O)cc1)C[C@@H]1[C@@]3(C)CC[C@H](O[C@@H]4O[C@H](CO)[C@H](O)[C@H](O)[C@H]4O)CC3=CC[C@]12O. The quantitative estimate of drug-likeness (QED) is 0.151. The number of ether oxygens (including phenoxy) is 3. The number of aromatic hydroxyl groups is 1. The molecule has 1 aromatic rings. The monoisotopic (exact) mass is 662 g/mol. The highest BCUT2D eigenvalue weighted by Crippen LogP contribution is 2.71. The lowest BCUT2D eigenvalue weighted by atomic mass is 9.42. The number of hydrogen-bond donors (Lipinski definition) is 8. The maximum atomic E-state index is 13.5. The number of phenols is 1. The molecule has 0 bridgehead atoms. The van der Waals surface area contributed by atoms with Gasteiger partial charge in [-0.1, -0.05) is 18.6 Å². The molecule has 0 radical (unpaired) electrons. The van der Waals surface area contributed by atoms with E-state index in [0.29, 0.717) is 19.3 Å². The van der Waals surface area contributed by atoms with Gasteiger partial charge in [0.25, 0.3) is 0 Å². The van der Waals surface area contributed by atoms with Crippen molar-refractivity contribution in [2.24, 2.45) is 16.7 Å². The van der Waals surface area contributed by atoms with Crippen LogP contribution in [0.4, 0.5) is 0 Å². The maximum absolute atomic E-state index is 13.5. The van der Waals surface area contributed by atoms with Crippen LogP contribution in [0.1, 0.15) is 76.1 Å². The largest absolute Gasteiger partial charge is 0.508 e. The first kappa shape index (κ1) is 34.4. The Balaban J connectivity index is 1.32. The van der Waals surface area contributed by atoms with Gasteiger partial charge in [0.15, 0.2) is 12.1 Å². The number of carbonyl (C=O) groups excluding carboxylic acids is 2. The van der Waals surface area contributed by atoms with E-state index < -0.39 is 94.8 Å². The molecule has 13 atom stereocenters. The maximum Gasteiger partial charge on any atom is 0.338 e. The fourth-order valence-corrected chi connectivity index (χ4v) is 9.64. The summed E-state index contributed by atoms with van der Waals surface area (Å²) < 4.78 is 17.7. The van der Waals surface area contributed by atoms with E-state index in [1.54, 1.807) is 0 Å². The van der Waals surface area contributed by atoms with E-state index in [0.717, 1.165) is 5.57 Å². The molecule has 47 heavy (non-hydrogen) atoms. The zero-order valence-corrected chi connectivity index (χ0v) is 26.8. The van der Waals surface area contributed by atoms with Crippen molar-refractivity contribution in [3.05, 3.63) is 41.5 Å². The van der Waals surface area contributed by atoms with Gasteiger partial charge in [-0.15, -0.1) is 0 Å². The zero-order chi connectivity index (χ0) is 34.3. The number of rotatable bonds is 6. The third-order valence-electron chi connectivity index (χ3n) is 12.7. The number of phenolic OH excluding ortho intramolecular Hbond substituents is 1. The van der Waals surface area contributed by atoms with Crippen LogP contribution in [0, 0.1) is 16.7 Å². The highest BCUT2D eigenvalue weighted by atomic mass is 16.7. The van der Waals surface area contributed by atoms with Crippen LogP contribution in [0.5, 0.6) is 5.75 Å². The molecule has 1 saturated heterocycles. The average Bonchev–Trinajstić information content (AvgIpc) is 3.27. The molecule has 3 saturated carbocycles. The third kappa shape index (κ3) is 4.77.